The lowest BCUT2D eigenvalue weighted by molar-refractivity contribution is -0.141. The zero-order valence-corrected chi connectivity index (χ0v) is 7.23. The molecule has 62 valence electrons. The summed E-state index contributed by atoms with van der Waals surface area (Å²) < 4.78 is 0. The van der Waals surface area contributed by atoms with Crippen LogP contribution in [-0.2, 0) is 4.79 Å². The van der Waals surface area contributed by atoms with Crippen molar-refractivity contribution in [3.8, 4) is 0 Å². The maximum atomic E-state index is 10.3. The van der Waals surface area contributed by atoms with Crippen LogP contribution in [0.25, 0.3) is 0 Å². The van der Waals surface area contributed by atoms with E-state index < -0.39 is 5.97 Å². The highest BCUT2D eigenvalue weighted by Crippen LogP contribution is 2.04. The molecule has 0 aliphatic carbocycles. The molecule has 0 heterocycles. The Morgan fingerprint density at radius 1 is 1.82 bits per heavy atom. The zero-order chi connectivity index (χ0) is 8.69. The maximum Gasteiger partial charge on any atom is 0.306 e. The van der Waals surface area contributed by atoms with Crippen molar-refractivity contribution in [2.24, 2.45) is 10.9 Å². The Kier molecular flexibility index (Phi) is 5.61. The summed E-state index contributed by atoms with van der Waals surface area (Å²) in [7, 11) is 0. The molecule has 0 rings (SSSR count). The number of hydrogen-bond donors (Lipinski definition) is 1. The van der Waals surface area contributed by atoms with Gasteiger partial charge in [0.25, 0.3) is 0 Å². The van der Waals surface area contributed by atoms with Crippen LogP contribution in [0.15, 0.2) is 4.99 Å². The molecule has 0 radical (unpaired) electrons. The predicted octanol–water partition coefficient (Wildman–Crippen LogP) is 1.59. The first-order valence-corrected chi connectivity index (χ1v) is 3.85. The van der Waals surface area contributed by atoms with Gasteiger partial charge in [-0.05, 0) is 25.1 Å². The lowest BCUT2D eigenvalue weighted by Crippen LogP contribution is -2.09. The SMILES string of the molecule is CC(CCCN=C=S)C(=O)O. The molecule has 0 fully saturated rings. The third-order valence-electron chi connectivity index (χ3n) is 1.39. The molecule has 0 saturated heterocycles. The van der Waals surface area contributed by atoms with Gasteiger partial charge < -0.3 is 5.11 Å². The summed E-state index contributed by atoms with van der Waals surface area (Å²) in [5.41, 5.74) is 0. The van der Waals surface area contributed by atoms with Gasteiger partial charge in [0.05, 0.1) is 11.1 Å². The van der Waals surface area contributed by atoms with Crippen LogP contribution >= 0.6 is 12.2 Å². The Hall–Kier alpha value is -0.730. The van der Waals surface area contributed by atoms with E-state index in [1.165, 1.54) is 0 Å². The van der Waals surface area contributed by atoms with Crippen LogP contribution in [-0.4, -0.2) is 22.8 Å². The molecule has 0 amide bonds. The van der Waals surface area contributed by atoms with Crippen molar-refractivity contribution >= 4 is 23.3 Å². The molecule has 0 aromatic rings. The van der Waals surface area contributed by atoms with Gasteiger partial charge in [-0.3, -0.25) is 4.79 Å². The lowest BCUT2D eigenvalue weighted by atomic mass is 10.1. The van der Waals surface area contributed by atoms with Crippen LogP contribution in [0.5, 0.6) is 0 Å². The van der Waals surface area contributed by atoms with E-state index in [0.717, 1.165) is 6.42 Å². The predicted molar refractivity (Wildman–Crippen MR) is 45.9 cm³/mol. The fourth-order valence-corrected chi connectivity index (χ4v) is 0.737. The molecule has 0 aromatic heterocycles. The second-order valence-corrected chi connectivity index (χ2v) is 2.54. The minimum atomic E-state index is -0.753. The van der Waals surface area contributed by atoms with E-state index in [9.17, 15) is 4.79 Å². The van der Waals surface area contributed by atoms with Gasteiger partial charge in [0.1, 0.15) is 0 Å². The number of isothiocyanates is 1. The molecule has 11 heavy (non-hydrogen) atoms. The number of aliphatic imine (C=N–C) groups is 1. The highest BCUT2D eigenvalue weighted by molar-refractivity contribution is 7.78. The monoisotopic (exact) mass is 173 g/mol. The van der Waals surface area contributed by atoms with E-state index in [1.807, 2.05) is 0 Å². The summed E-state index contributed by atoms with van der Waals surface area (Å²) >= 11 is 4.35. The van der Waals surface area contributed by atoms with Gasteiger partial charge in [0, 0.05) is 6.54 Å². The normalized spacial score (nSPS) is 11.7. The fourth-order valence-electron chi connectivity index (χ4n) is 0.646. The number of nitrogens with zero attached hydrogens (tertiary/aromatic N) is 1. The second-order valence-electron chi connectivity index (χ2n) is 2.35. The first-order valence-electron chi connectivity index (χ1n) is 3.45. The van der Waals surface area contributed by atoms with Crippen LogP contribution in [0.1, 0.15) is 19.8 Å². The summed E-state index contributed by atoms with van der Waals surface area (Å²) in [6, 6.07) is 0. The first kappa shape index (κ1) is 10.3. The minimum Gasteiger partial charge on any atom is -0.481 e. The van der Waals surface area contributed by atoms with Crippen molar-refractivity contribution in [1.82, 2.24) is 0 Å². The van der Waals surface area contributed by atoms with E-state index in [0.29, 0.717) is 13.0 Å². The second kappa shape index (κ2) is 6.01. The zero-order valence-electron chi connectivity index (χ0n) is 6.41. The largest absolute Gasteiger partial charge is 0.481 e. The molecular formula is C7H11NO2S. The fraction of sp³-hybridized carbons (Fsp3) is 0.714. The Bertz CT molecular complexity index is 175. The van der Waals surface area contributed by atoms with E-state index >= 15 is 0 Å². The van der Waals surface area contributed by atoms with Crippen molar-refractivity contribution in [3.63, 3.8) is 0 Å². The lowest BCUT2D eigenvalue weighted by Gasteiger charge is -2.01. The van der Waals surface area contributed by atoms with E-state index in [1.54, 1.807) is 6.92 Å². The molecule has 1 N–H and O–H groups in total. The maximum absolute atomic E-state index is 10.3. The van der Waals surface area contributed by atoms with Gasteiger partial charge in [-0.15, -0.1) is 0 Å². The summed E-state index contributed by atoms with van der Waals surface area (Å²) in [6.07, 6.45) is 1.41. The molecule has 0 spiro atoms. The molecule has 0 bridgehead atoms. The molecule has 3 nitrogen and oxygen atoms in total. The number of carboxylic acids is 1. The Morgan fingerprint density at radius 3 is 2.91 bits per heavy atom. The standard InChI is InChI=1S/C7H11NO2S/c1-6(7(9)10)3-2-4-8-5-11/h6H,2-4H2,1H3,(H,9,10). The number of thiocarbonyl (C=S) groups is 1. The summed E-state index contributed by atoms with van der Waals surface area (Å²) in [5, 5.41) is 10.7. The average molecular weight is 173 g/mol. The van der Waals surface area contributed by atoms with Crippen LogP contribution < -0.4 is 0 Å². The van der Waals surface area contributed by atoms with Gasteiger partial charge >= 0.3 is 5.97 Å². The van der Waals surface area contributed by atoms with Crippen molar-refractivity contribution in [1.29, 1.82) is 0 Å². The highest BCUT2D eigenvalue weighted by atomic mass is 32.1. The van der Waals surface area contributed by atoms with Gasteiger partial charge in [0.2, 0.25) is 0 Å². The molecule has 4 heteroatoms. The number of carbonyl (C=O) groups is 1. The summed E-state index contributed by atoms with van der Waals surface area (Å²) in [5.74, 6) is -1.04. The number of carboxylic acid groups (broad SMARTS) is 1. The van der Waals surface area contributed by atoms with Gasteiger partial charge in [-0.2, -0.15) is 0 Å². The van der Waals surface area contributed by atoms with Gasteiger partial charge in [0.15, 0.2) is 0 Å². The van der Waals surface area contributed by atoms with Gasteiger partial charge in [-0.1, -0.05) is 6.92 Å². The van der Waals surface area contributed by atoms with Crippen molar-refractivity contribution in [2.75, 3.05) is 6.54 Å². The third kappa shape index (κ3) is 5.70. The summed E-state index contributed by atoms with van der Waals surface area (Å²) in [6.45, 7) is 2.27. The van der Waals surface area contributed by atoms with E-state index in [4.69, 9.17) is 5.11 Å². The molecule has 1 atom stereocenters. The molecule has 0 aromatic carbocycles. The summed E-state index contributed by atoms with van der Waals surface area (Å²) in [4.78, 5) is 14.0. The van der Waals surface area contributed by atoms with Crippen molar-refractivity contribution in [2.45, 2.75) is 19.8 Å². The van der Waals surface area contributed by atoms with Crippen molar-refractivity contribution in [3.05, 3.63) is 0 Å². The average Bonchev–Trinajstić information content (AvgIpc) is 1.97. The molecule has 1 unspecified atom stereocenters. The van der Waals surface area contributed by atoms with E-state index in [2.05, 4.69) is 22.4 Å². The van der Waals surface area contributed by atoms with Crippen LogP contribution in [0.3, 0.4) is 0 Å². The molecule has 0 aliphatic heterocycles. The number of hydrogen-bond acceptors (Lipinski definition) is 3. The van der Waals surface area contributed by atoms with Crippen molar-refractivity contribution < 1.29 is 9.90 Å². The number of aliphatic carboxylic acids is 1. The minimum absolute atomic E-state index is 0.282. The molecular weight excluding hydrogens is 162 g/mol. The first-order chi connectivity index (χ1) is 5.18. The van der Waals surface area contributed by atoms with E-state index in [-0.39, 0.29) is 5.92 Å². The van der Waals surface area contributed by atoms with Crippen LogP contribution in [0.2, 0.25) is 0 Å². The van der Waals surface area contributed by atoms with Crippen LogP contribution in [0.4, 0.5) is 0 Å². The van der Waals surface area contributed by atoms with Crippen LogP contribution in [0, 0.1) is 5.92 Å². The molecule has 0 saturated carbocycles. The smallest absolute Gasteiger partial charge is 0.306 e. The Balaban J connectivity index is 3.38. The third-order valence-corrected chi connectivity index (χ3v) is 1.52. The Labute approximate surface area is 71.1 Å². The number of rotatable bonds is 5. The molecule has 0 aliphatic rings. The topological polar surface area (TPSA) is 49.7 Å². The van der Waals surface area contributed by atoms with Gasteiger partial charge in [-0.25, -0.2) is 4.99 Å². The highest BCUT2D eigenvalue weighted by Gasteiger charge is 2.08. The Morgan fingerprint density at radius 2 is 2.45 bits per heavy atom. The quantitative estimate of drug-likeness (QED) is 0.390.